The van der Waals surface area contributed by atoms with E-state index in [0.717, 1.165) is 43.2 Å². The van der Waals surface area contributed by atoms with E-state index in [1.165, 1.54) is 0 Å². The van der Waals surface area contributed by atoms with Gasteiger partial charge in [-0.25, -0.2) is 4.98 Å². The van der Waals surface area contributed by atoms with E-state index in [-0.39, 0.29) is 5.91 Å². The molecule has 0 aliphatic carbocycles. The highest BCUT2D eigenvalue weighted by molar-refractivity contribution is 7.09. The van der Waals surface area contributed by atoms with Crippen molar-refractivity contribution in [2.45, 2.75) is 32.6 Å². The minimum absolute atomic E-state index is 0.205. The maximum Gasteiger partial charge on any atom is 0.236 e. The topological polar surface area (TPSA) is 36.4 Å². The lowest BCUT2D eigenvalue weighted by Crippen LogP contribution is -2.39. The summed E-state index contributed by atoms with van der Waals surface area (Å²) in [6.45, 7) is 6.99. The molecule has 0 aromatic carbocycles. The normalized spacial score (nSPS) is 11.1. The molecule has 0 atom stereocenters. The van der Waals surface area contributed by atoms with E-state index in [1.54, 1.807) is 11.3 Å². The van der Waals surface area contributed by atoms with Gasteiger partial charge in [-0.15, -0.1) is 22.9 Å². The van der Waals surface area contributed by atoms with Gasteiger partial charge in [0.2, 0.25) is 5.91 Å². The van der Waals surface area contributed by atoms with Crippen molar-refractivity contribution in [2.24, 2.45) is 0 Å². The van der Waals surface area contributed by atoms with E-state index in [4.69, 9.17) is 11.6 Å². The summed E-state index contributed by atoms with van der Waals surface area (Å²) < 4.78 is 0. The monoisotopic (exact) mass is 317 g/mol. The van der Waals surface area contributed by atoms with Crippen molar-refractivity contribution in [1.82, 2.24) is 14.8 Å². The SMILES string of the molecule is CCN(CC)C(=O)CN(C)CCCc1nc(CCl)cs1. The van der Waals surface area contributed by atoms with Crippen LogP contribution in [0.3, 0.4) is 0 Å². The molecule has 0 saturated carbocycles. The Morgan fingerprint density at radius 3 is 2.65 bits per heavy atom. The lowest BCUT2D eigenvalue weighted by molar-refractivity contribution is -0.131. The van der Waals surface area contributed by atoms with E-state index < -0.39 is 0 Å². The number of thiazole rings is 1. The van der Waals surface area contributed by atoms with Crippen molar-refractivity contribution >= 4 is 28.8 Å². The second-order valence-electron chi connectivity index (χ2n) is 4.77. The molecule has 1 rings (SSSR count). The van der Waals surface area contributed by atoms with Crippen LogP contribution in [0.2, 0.25) is 0 Å². The fourth-order valence-corrected chi connectivity index (χ4v) is 3.08. The third-order valence-corrected chi connectivity index (χ3v) is 4.42. The zero-order valence-electron chi connectivity index (χ0n) is 12.6. The Morgan fingerprint density at radius 2 is 2.10 bits per heavy atom. The standard InChI is InChI=1S/C14H24ClN3OS/c1-4-18(5-2)14(19)10-17(3)8-6-7-13-16-12(9-15)11-20-13/h11H,4-10H2,1-3H3. The minimum Gasteiger partial charge on any atom is -0.342 e. The van der Waals surface area contributed by atoms with Gasteiger partial charge in [-0.2, -0.15) is 0 Å². The summed E-state index contributed by atoms with van der Waals surface area (Å²) in [6, 6.07) is 0. The van der Waals surface area contributed by atoms with Crippen molar-refractivity contribution in [2.75, 3.05) is 33.2 Å². The molecule has 0 radical (unpaired) electrons. The second kappa shape index (κ2) is 9.32. The maximum absolute atomic E-state index is 12.0. The van der Waals surface area contributed by atoms with Crippen molar-refractivity contribution in [3.8, 4) is 0 Å². The summed E-state index contributed by atoms with van der Waals surface area (Å²) in [5, 5.41) is 3.14. The third-order valence-electron chi connectivity index (χ3n) is 3.19. The number of hydrogen-bond donors (Lipinski definition) is 0. The molecule has 114 valence electrons. The van der Waals surface area contributed by atoms with Crippen LogP contribution >= 0.6 is 22.9 Å². The number of carbonyl (C=O) groups is 1. The number of aryl methyl sites for hydroxylation is 1. The number of likely N-dealkylation sites (N-methyl/N-ethyl adjacent to an activating group) is 2. The van der Waals surface area contributed by atoms with Gasteiger partial charge >= 0.3 is 0 Å². The summed E-state index contributed by atoms with van der Waals surface area (Å²) in [6.07, 6.45) is 1.96. The molecule has 6 heteroatoms. The van der Waals surface area contributed by atoms with Gasteiger partial charge in [0, 0.05) is 24.9 Å². The molecule has 0 N–H and O–H groups in total. The Kier molecular flexibility index (Phi) is 8.11. The fraction of sp³-hybridized carbons (Fsp3) is 0.714. The summed E-state index contributed by atoms with van der Waals surface area (Å²) in [7, 11) is 1.99. The Morgan fingerprint density at radius 1 is 1.40 bits per heavy atom. The van der Waals surface area contributed by atoms with E-state index >= 15 is 0 Å². The van der Waals surface area contributed by atoms with E-state index in [9.17, 15) is 4.79 Å². The van der Waals surface area contributed by atoms with Crippen molar-refractivity contribution in [1.29, 1.82) is 0 Å². The van der Waals surface area contributed by atoms with Gasteiger partial charge < -0.3 is 4.90 Å². The van der Waals surface area contributed by atoms with Crippen LogP contribution in [0, 0.1) is 0 Å². The highest BCUT2D eigenvalue weighted by atomic mass is 35.5. The molecule has 4 nitrogen and oxygen atoms in total. The predicted molar refractivity (Wildman–Crippen MR) is 85.4 cm³/mol. The van der Waals surface area contributed by atoms with Crippen LogP contribution in [0.25, 0.3) is 0 Å². The van der Waals surface area contributed by atoms with Crippen LogP contribution in [0.5, 0.6) is 0 Å². The molecule has 1 heterocycles. The molecule has 0 fully saturated rings. The zero-order valence-corrected chi connectivity index (χ0v) is 14.1. The summed E-state index contributed by atoms with van der Waals surface area (Å²) in [5.74, 6) is 0.686. The van der Waals surface area contributed by atoms with Gasteiger partial charge in [0.15, 0.2) is 0 Å². The van der Waals surface area contributed by atoms with E-state index in [1.807, 2.05) is 31.2 Å². The zero-order chi connectivity index (χ0) is 15.0. The molecule has 0 aliphatic rings. The Bertz CT molecular complexity index is 407. The van der Waals surface area contributed by atoms with Crippen LogP contribution in [0.1, 0.15) is 31.0 Å². The number of carbonyl (C=O) groups excluding carboxylic acids is 1. The molecular weight excluding hydrogens is 294 g/mol. The average Bonchev–Trinajstić information content (AvgIpc) is 2.88. The summed E-state index contributed by atoms with van der Waals surface area (Å²) in [5.41, 5.74) is 0.955. The molecular formula is C14H24ClN3OS. The molecule has 0 unspecified atom stereocenters. The molecule has 1 aromatic heterocycles. The second-order valence-corrected chi connectivity index (χ2v) is 5.98. The number of alkyl halides is 1. The van der Waals surface area contributed by atoms with Gasteiger partial charge in [0.1, 0.15) is 0 Å². The van der Waals surface area contributed by atoms with Gasteiger partial charge in [0.05, 0.1) is 23.1 Å². The lowest BCUT2D eigenvalue weighted by atomic mass is 10.3. The van der Waals surface area contributed by atoms with Crippen LogP contribution < -0.4 is 0 Å². The number of nitrogens with zero attached hydrogens (tertiary/aromatic N) is 3. The summed E-state index contributed by atoms with van der Waals surface area (Å²) in [4.78, 5) is 20.3. The Balaban J connectivity index is 2.25. The number of amides is 1. The first kappa shape index (κ1) is 17.4. The largest absolute Gasteiger partial charge is 0.342 e. The number of halogens is 1. The molecule has 0 aliphatic heterocycles. The summed E-state index contributed by atoms with van der Waals surface area (Å²) >= 11 is 7.40. The van der Waals surface area contributed by atoms with Crippen LogP contribution in [-0.4, -0.2) is 53.9 Å². The molecule has 20 heavy (non-hydrogen) atoms. The predicted octanol–water partition coefficient (Wildman–Crippen LogP) is 2.61. The fourth-order valence-electron chi connectivity index (χ4n) is 2.01. The van der Waals surface area contributed by atoms with Crippen LogP contribution in [0.4, 0.5) is 0 Å². The number of hydrogen-bond acceptors (Lipinski definition) is 4. The quantitative estimate of drug-likeness (QED) is 0.657. The van der Waals surface area contributed by atoms with Gasteiger partial charge in [-0.05, 0) is 33.9 Å². The van der Waals surface area contributed by atoms with Crippen LogP contribution in [-0.2, 0) is 17.1 Å². The number of rotatable bonds is 9. The maximum atomic E-state index is 12.0. The molecule has 0 spiro atoms. The van der Waals surface area contributed by atoms with Gasteiger partial charge in [-0.1, -0.05) is 0 Å². The van der Waals surface area contributed by atoms with Gasteiger partial charge in [0.25, 0.3) is 0 Å². The van der Waals surface area contributed by atoms with Crippen molar-refractivity contribution < 1.29 is 4.79 Å². The first-order chi connectivity index (χ1) is 9.60. The van der Waals surface area contributed by atoms with Crippen LogP contribution in [0.15, 0.2) is 5.38 Å². The lowest BCUT2D eigenvalue weighted by Gasteiger charge is -2.22. The van der Waals surface area contributed by atoms with E-state index in [0.29, 0.717) is 12.4 Å². The Hall–Kier alpha value is -0.650. The first-order valence-electron chi connectivity index (χ1n) is 7.06. The molecule has 1 aromatic rings. The highest BCUT2D eigenvalue weighted by Gasteiger charge is 2.12. The smallest absolute Gasteiger partial charge is 0.236 e. The minimum atomic E-state index is 0.205. The van der Waals surface area contributed by atoms with Crippen molar-refractivity contribution in [3.05, 3.63) is 16.1 Å². The number of aromatic nitrogens is 1. The highest BCUT2D eigenvalue weighted by Crippen LogP contribution is 2.13. The molecule has 0 bridgehead atoms. The van der Waals surface area contributed by atoms with Crippen molar-refractivity contribution in [3.63, 3.8) is 0 Å². The molecule has 0 saturated heterocycles. The third kappa shape index (κ3) is 5.77. The first-order valence-corrected chi connectivity index (χ1v) is 8.47. The average molecular weight is 318 g/mol. The van der Waals surface area contributed by atoms with E-state index in [2.05, 4.69) is 9.88 Å². The van der Waals surface area contributed by atoms with Gasteiger partial charge in [-0.3, -0.25) is 9.69 Å². The Labute approximate surface area is 130 Å². The molecule has 1 amide bonds.